The lowest BCUT2D eigenvalue weighted by atomic mass is 10.0. The second-order valence-corrected chi connectivity index (χ2v) is 10.1. The molecular weight excluding hydrogens is 458 g/mol. The topological polar surface area (TPSA) is 97.0 Å². The number of anilines is 1. The van der Waals surface area contributed by atoms with E-state index in [1.165, 1.54) is 0 Å². The van der Waals surface area contributed by atoms with E-state index < -0.39 is 23.8 Å². The number of rotatable bonds is 9. The first kappa shape index (κ1) is 27.0. The summed E-state index contributed by atoms with van der Waals surface area (Å²) in [5, 5.41) is 5.58. The Balaban J connectivity index is 1.90. The van der Waals surface area contributed by atoms with Gasteiger partial charge in [-0.2, -0.15) is 0 Å². The van der Waals surface area contributed by atoms with Crippen LogP contribution in [0.15, 0.2) is 48.5 Å². The molecule has 194 valence electrons. The summed E-state index contributed by atoms with van der Waals surface area (Å²) in [6, 6.07) is 13.0. The number of carbonyl (C=O) groups is 3. The van der Waals surface area contributed by atoms with E-state index >= 15 is 0 Å². The van der Waals surface area contributed by atoms with Crippen molar-refractivity contribution in [3.05, 3.63) is 59.7 Å². The number of amides is 3. The summed E-state index contributed by atoms with van der Waals surface area (Å²) in [5.74, 6) is 0.0171. The van der Waals surface area contributed by atoms with Gasteiger partial charge in [-0.3, -0.25) is 9.59 Å². The van der Waals surface area contributed by atoms with Gasteiger partial charge in [0.15, 0.2) is 0 Å². The van der Waals surface area contributed by atoms with Crippen LogP contribution in [0, 0.1) is 0 Å². The number of alkyl carbamates (subject to hydrolysis) is 1. The third kappa shape index (κ3) is 7.23. The highest BCUT2D eigenvalue weighted by Gasteiger charge is 2.43. The lowest BCUT2D eigenvalue weighted by Crippen LogP contribution is -2.52. The number of aryl methyl sites for hydroxylation is 1. The molecule has 1 aliphatic carbocycles. The summed E-state index contributed by atoms with van der Waals surface area (Å²) >= 11 is 0. The molecule has 1 saturated carbocycles. The monoisotopic (exact) mass is 495 g/mol. The zero-order chi connectivity index (χ0) is 26.5. The number of carbonyl (C=O) groups excluding carboxylic acids is 3. The highest BCUT2D eigenvalue weighted by atomic mass is 16.6. The fraction of sp³-hybridized carbons (Fsp3) is 0.464. The van der Waals surface area contributed by atoms with Crippen molar-refractivity contribution in [2.75, 3.05) is 12.4 Å². The van der Waals surface area contributed by atoms with Gasteiger partial charge in [-0.25, -0.2) is 4.79 Å². The molecule has 1 fully saturated rings. The molecule has 0 aromatic heterocycles. The summed E-state index contributed by atoms with van der Waals surface area (Å²) in [6.07, 6.45) is 1.78. The first-order chi connectivity index (χ1) is 17.0. The molecule has 3 amide bonds. The Morgan fingerprint density at radius 1 is 1.03 bits per heavy atom. The molecule has 8 nitrogen and oxygen atoms in total. The van der Waals surface area contributed by atoms with Crippen LogP contribution in [0.2, 0.25) is 0 Å². The normalized spacial score (nSPS) is 14.8. The minimum absolute atomic E-state index is 0.0853. The fourth-order valence-electron chi connectivity index (χ4n) is 3.90. The Bertz CT molecular complexity index is 1060. The quantitative estimate of drug-likeness (QED) is 0.519. The van der Waals surface area contributed by atoms with Gasteiger partial charge >= 0.3 is 6.09 Å². The van der Waals surface area contributed by atoms with Gasteiger partial charge in [0, 0.05) is 11.7 Å². The standard InChI is InChI=1S/C28H37N3O5/c1-7-19-8-10-20(11-9-19)24(25(32)30-21-12-16-23(35-6)17-13-21)31(22-14-15-22)26(33)18(2)29-27(34)36-28(3,4)5/h8-13,16-18,22,24H,7,14-15H2,1-6H3,(H,29,34)(H,30,32). The zero-order valence-electron chi connectivity index (χ0n) is 22.0. The smallest absolute Gasteiger partial charge is 0.408 e. The first-order valence-electron chi connectivity index (χ1n) is 12.4. The summed E-state index contributed by atoms with van der Waals surface area (Å²) in [6.45, 7) is 8.95. The van der Waals surface area contributed by atoms with Gasteiger partial charge < -0.3 is 25.0 Å². The van der Waals surface area contributed by atoms with Crippen LogP contribution >= 0.6 is 0 Å². The zero-order valence-corrected chi connectivity index (χ0v) is 22.0. The van der Waals surface area contributed by atoms with E-state index in [1.54, 1.807) is 64.0 Å². The van der Waals surface area contributed by atoms with Crippen LogP contribution < -0.4 is 15.4 Å². The number of nitrogens with one attached hydrogen (secondary N) is 2. The molecule has 0 aliphatic heterocycles. The van der Waals surface area contributed by atoms with Crippen LogP contribution in [-0.4, -0.2) is 47.6 Å². The van der Waals surface area contributed by atoms with Crippen molar-refractivity contribution >= 4 is 23.6 Å². The van der Waals surface area contributed by atoms with Gasteiger partial charge in [0.1, 0.15) is 23.4 Å². The van der Waals surface area contributed by atoms with Crippen LogP contribution in [0.25, 0.3) is 0 Å². The maximum absolute atomic E-state index is 13.7. The van der Waals surface area contributed by atoms with Gasteiger partial charge in [-0.15, -0.1) is 0 Å². The molecule has 0 saturated heterocycles. The van der Waals surface area contributed by atoms with Crippen molar-refractivity contribution < 1.29 is 23.9 Å². The minimum atomic E-state index is -0.869. The highest BCUT2D eigenvalue weighted by molar-refractivity contribution is 5.99. The third-order valence-electron chi connectivity index (χ3n) is 5.89. The van der Waals surface area contributed by atoms with Crippen LogP contribution in [0.1, 0.15) is 64.6 Å². The van der Waals surface area contributed by atoms with E-state index in [2.05, 4.69) is 17.6 Å². The van der Waals surface area contributed by atoms with Crippen LogP contribution in [0.3, 0.4) is 0 Å². The number of hydrogen-bond acceptors (Lipinski definition) is 5. The maximum atomic E-state index is 13.7. The van der Waals surface area contributed by atoms with Gasteiger partial charge in [0.05, 0.1) is 7.11 Å². The summed E-state index contributed by atoms with van der Waals surface area (Å²) in [7, 11) is 1.58. The van der Waals surface area contributed by atoms with E-state index in [-0.39, 0.29) is 17.9 Å². The molecule has 0 heterocycles. The maximum Gasteiger partial charge on any atom is 0.408 e. The summed E-state index contributed by atoms with van der Waals surface area (Å²) in [5.41, 5.74) is 1.75. The number of ether oxygens (including phenoxy) is 2. The van der Waals surface area contributed by atoms with Crippen molar-refractivity contribution in [2.24, 2.45) is 0 Å². The molecule has 2 unspecified atom stereocenters. The molecular formula is C28H37N3O5. The molecule has 8 heteroatoms. The molecule has 0 bridgehead atoms. The van der Waals surface area contributed by atoms with Crippen LogP contribution in [0.4, 0.5) is 10.5 Å². The van der Waals surface area contributed by atoms with Crippen molar-refractivity contribution in [1.29, 1.82) is 0 Å². The molecule has 2 atom stereocenters. The van der Waals surface area contributed by atoms with Gasteiger partial charge in [-0.05, 0) is 82.3 Å². The Labute approximate surface area is 213 Å². The predicted octanol–water partition coefficient (Wildman–Crippen LogP) is 4.84. The number of hydrogen-bond donors (Lipinski definition) is 2. The lowest BCUT2D eigenvalue weighted by molar-refractivity contribution is -0.141. The number of benzene rings is 2. The average Bonchev–Trinajstić information content (AvgIpc) is 3.66. The summed E-state index contributed by atoms with van der Waals surface area (Å²) in [4.78, 5) is 41.3. The second-order valence-electron chi connectivity index (χ2n) is 10.1. The molecule has 36 heavy (non-hydrogen) atoms. The largest absolute Gasteiger partial charge is 0.497 e. The molecule has 2 aromatic carbocycles. The third-order valence-corrected chi connectivity index (χ3v) is 5.89. The molecule has 0 spiro atoms. The van der Waals surface area contributed by atoms with Gasteiger partial charge in [-0.1, -0.05) is 31.2 Å². The Morgan fingerprint density at radius 2 is 1.64 bits per heavy atom. The Kier molecular flexibility index (Phi) is 8.61. The second kappa shape index (κ2) is 11.5. The van der Waals surface area contributed by atoms with Crippen molar-refractivity contribution in [3.63, 3.8) is 0 Å². The molecule has 2 aromatic rings. The first-order valence-corrected chi connectivity index (χ1v) is 12.4. The lowest BCUT2D eigenvalue weighted by Gasteiger charge is -2.34. The van der Waals surface area contributed by atoms with Crippen molar-refractivity contribution in [1.82, 2.24) is 10.2 Å². The van der Waals surface area contributed by atoms with E-state index in [4.69, 9.17) is 9.47 Å². The Morgan fingerprint density at radius 3 is 2.14 bits per heavy atom. The SMILES string of the molecule is CCc1ccc(C(C(=O)Nc2ccc(OC)cc2)N(C(=O)C(C)NC(=O)OC(C)(C)C)C2CC2)cc1. The van der Waals surface area contributed by atoms with Gasteiger partial charge in [0.2, 0.25) is 5.91 Å². The molecule has 0 radical (unpaired) electrons. The van der Waals surface area contributed by atoms with Crippen LogP contribution in [-0.2, 0) is 20.7 Å². The van der Waals surface area contributed by atoms with Crippen molar-refractivity contribution in [2.45, 2.75) is 77.6 Å². The number of nitrogens with zero attached hydrogens (tertiary/aromatic N) is 1. The molecule has 3 rings (SSSR count). The van der Waals surface area contributed by atoms with E-state index in [9.17, 15) is 14.4 Å². The van der Waals surface area contributed by atoms with E-state index in [1.807, 2.05) is 24.3 Å². The fourth-order valence-corrected chi connectivity index (χ4v) is 3.90. The Hall–Kier alpha value is -3.55. The number of methoxy groups -OCH3 is 1. The average molecular weight is 496 g/mol. The molecule has 1 aliphatic rings. The predicted molar refractivity (Wildman–Crippen MR) is 139 cm³/mol. The highest BCUT2D eigenvalue weighted by Crippen LogP contribution is 2.36. The van der Waals surface area contributed by atoms with Crippen LogP contribution in [0.5, 0.6) is 5.75 Å². The van der Waals surface area contributed by atoms with Gasteiger partial charge in [0.25, 0.3) is 5.91 Å². The van der Waals surface area contributed by atoms with Crippen molar-refractivity contribution in [3.8, 4) is 5.75 Å². The minimum Gasteiger partial charge on any atom is -0.497 e. The van der Waals surface area contributed by atoms with E-state index in [0.717, 1.165) is 24.8 Å². The summed E-state index contributed by atoms with van der Waals surface area (Å²) < 4.78 is 10.5. The molecule has 2 N–H and O–H groups in total. The van der Waals surface area contributed by atoms with E-state index in [0.29, 0.717) is 17.0 Å².